The molecule has 2 heterocycles. The van der Waals surface area contributed by atoms with E-state index in [4.69, 9.17) is 9.15 Å². The number of hydrogen-bond donors (Lipinski definition) is 1. The second kappa shape index (κ2) is 8.70. The van der Waals surface area contributed by atoms with Gasteiger partial charge in [0.2, 0.25) is 11.2 Å². The van der Waals surface area contributed by atoms with Crippen LogP contribution in [0.25, 0.3) is 32.9 Å². The van der Waals surface area contributed by atoms with E-state index in [0.29, 0.717) is 23.9 Å². The Balaban J connectivity index is 1.76. The second-order valence-corrected chi connectivity index (χ2v) is 9.17. The average Bonchev–Trinajstić information content (AvgIpc) is 2.79. The van der Waals surface area contributed by atoms with Gasteiger partial charge in [-0.25, -0.2) is 0 Å². The molecule has 35 heavy (non-hydrogen) atoms. The molecule has 0 bridgehead atoms. The lowest BCUT2D eigenvalue weighted by molar-refractivity contribution is -0.928. The molecule has 1 saturated heterocycles. The third-order valence-electron chi connectivity index (χ3n) is 6.48. The molecule has 5 rings (SSSR count). The van der Waals surface area contributed by atoms with E-state index >= 15 is 0 Å². The molecule has 0 aliphatic carbocycles. The first-order chi connectivity index (χ1) is 16.6. The van der Waals surface area contributed by atoms with E-state index < -0.39 is 28.7 Å². The van der Waals surface area contributed by atoms with Gasteiger partial charge in [-0.05, 0) is 36.2 Å². The van der Waals surface area contributed by atoms with Gasteiger partial charge in [0, 0.05) is 5.56 Å². The lowest BCUT2D eigenvalue weighted by Crippen LogP contribution is -3.14. The SMILES string of the molecule is CC1C[NH+](Cc2c([O-])ccc3c(=O)c(-c4cccc5ccccc45)c(C(F)(F)F)oc23)CC(C)O1. The van der Waals surface area contributed by atoms with Crippen molar-refractivity contribution in [1.82, 2.24) is 0 Å². The van der Waals surface area contributed by atoms with Crippen molar-refractivity contribution in [3.8, 4) is 16.9 Å². The summed E-state index contributed by atoms with van der Waals surface area (Å²) in [7, 11) is 0. The molecule has 1 aromatic heterocycles. The van der Waals surface area contributed by atoms with Crippen LogP contribution < -0.4 is 15.4 Å². The number of quaternary nitrogens is 1. The Labute approximate surface area is 199 Å². The third kappa shape index (κ3) is 4.28. The highest BCUT2D eigenvalue weighted by Crippen LogP contribution is 2.40. The van der Waals surface area contributed by atoms with E-state index in [1.807, 2.05) is 13.8 Å². The summed E-state index contributed by atoms with van der Waals surface area (Å²) in [5, 5.41) is 14.0. The Morgan fingerprint density at radius 3 is 2.37 bits per heavy atom. The average molecular weight is 483 g/mol. The number of fused-ring (bicyclic) bond motifs is 2. The van der Waals surface area contributed by atoms with Gasteiger partial charge in [0.15, 0.2) is 0 Å². The van der Waals surface area contributed by atoms with Gasteiger partial charge in [-0.2, -0.15) is 13.2 Å². The molecule has 8 heteroatoms. The Hall–Kier alpha value is -3.36. The Kier molecular flexibility index (Phi) is 5.81. The molecule has 0 radical (unpaired) electrons. The van der Waals surface area contributed by atoms with E-state index in [1.54, 1.807) is 36.4 Å². The maximum Gasteiger partial charge on any atom is 0.450 e. The maximum atomic E-state index is 14.3. The summed E-state index contributed by atoms with van der Waals surface area (Å²) in [6.45, 7) is 5.14. The fourth-order valence-corrected chi connectivity index (χ4v) is 5.13. The van der Waals surface area contributed by atoms with Crippen LogP contribution >= 0.6 is 0 Å². The quantitative estimate of drug-likeness (QED) is 0.480. The van der Waals surface area contributed by atoms with Gasteiger partial charge in [-0.1, -0.05) is 54.3 Å². The number of nitrogens with one attached hydrogen (secondary N) is 1. The molecular formula is C27H24F3NO4. The van der Waals surface area contributed by atoms with Crippen LogP contribution in [0.15, 0.2) is 63.8 Å². The topological polar surface area (TPSA) is 66.9 Å². The van der Waals surface area contributed by atoms with E-state index in [1.165, 1.54) is 18.2 Å². The van der Waals surface area contributed by atoms with Gasteiger partial charge in [0.05, 0.1) is 10.9 Å². The molecule has 1 fully saturated rings. The predicted molar refractivity (Wildman–Crippen MR) is 124 cm³/mol. The highest BCUT2D eigenvalue weighted by atomic mass is 19.4. The van der Waals surface area contributed by atoms with Gasteiger partial charge in [-0.3, -0.25) is 4.79 Å². The smallest absolute Gasteiger partial charge is 0.450 e. The van der Waals surface area contributed by atoms with Gasteiger partial charge >= 0.3 is 6.18 Å². The minimum absolute atomic E-state index is 0.0377. The second-order valence-electron chi connectivity index (χ2n) is 9.17. The predicted octanol–water partition coefficient (Wildman–Crippen LogP) is 3.90. The van der Waals surface area contributed by atoms with Crippen LogP contribution in [0.3, 0.4) is 0 Å². The van der Waals surface area contributed by atoms with Crippen molar-refractivity contribution in [1.29, 1.82) is 0 Å². The Morgan fingerprint density at radius 1 is 0.971 bits per heavy atom. The largest absolute Gasteiger partial charge is 0.872 e. The van der Waals surface area contributed by atoms with Crippen molar-refractivity contribution >= 4 is 21.7 Å². The minimum Gasteiger partial charge on any atom is -0.872 e. The zero-order chi connectivity index (χ0) is 24.9. The lowest BCUT2D eigenvalue weighted by atomic mass is 9.95. The van der Waals surface area contributed by atoms with Gasteiger partial charge in [0.1, 0.15) is 37.4 Å². The molecule has 0 saturated carbocycles. The zero-order valence-electron chi connectivity index (χ0n) is 19.2. The minimum atomic E-state index is -4.94. The van der Waals surface area contributed by atoms with E-state index in [9.17, 15) is 23.1 Å². The van der Waals surface area contributed by atoms with Gasteiger partial charge in [-0.15, -0.1) is 0 Å². The summed E-state index contributed by atoms with van der Waals surface area (Å²) in [4.78, 5) is 14.6. The fourth-order valence-electron chi connectivity index (χ4n) is 5.13. The number of rotatable bonds is 3. The van der Waals surface area contributed by atoms with Crippen molar-refractivity contribution in [2.24, 2.45) is 0 Å². The van der Waals surface area contributed by atoms with Crippen molar-refractivity contribution in [2.75, 3.05) is 13.1 Å². The van der Waals surface area contributed by atoms with E-state index in [2.05, 4.69) is 0 Å². The van der Waals surface area contributed by atoms with Crippen LogP contribution in [0.4, 0.5) is 13.2 Å². The van der Waals surface area contributed by atoms with Crippen LogP contribution in [0.1, 0.15) is 25.2 Å². The molecular weight excluding hydrogens is 459 g/mol. The lowest BCUT2D eigenvalue weighted by Gasteiger charge is -2.33. The van der Waals surface area contributed by atoms with Gasteiger partial charge in [0.25, 0.3) is 0 Å². The number of alkyl halides is 3. The molecule has 2 atom stereocenters. The molecule has 5 nitrogen and oxygen atoms in total. The Morgan fingerprint density at radius 2 is 1.66 bits per heavy atom. The van der Waals surface area contributed by atoms with Crippen molar-refractivity contribution in [3.63, 3.8) is 0 Å². The molecule has 3 aromatic carbocycles. The molecule has 1 aliphatic rings. The van der Waals surface area contributed by atoms with Crippen molar-refractivity contribution in [3.05, 3.63) is 76.1 Å². The van der Waals surface area contributed by atoms with Crippen LogP contribution in [0.2, 0.25) is 0 Å². The van der Waals surface area contributed by atoms with Crippen LogP contribution in [0, 0.1) is 0 Å². The molecule has 0 amide bonds. The molecule has 1 N–H and O–H groups in total. The molecule has 2 unspecified atom stereocenters. The van der Waals surface area contributed by atoms with E-state index in [-0.39, 0.29) is 40.8 Å². The van der Waals surface area contributed by atoms with Crippen LogP contribution in [-0.4, -0.2) is 25.3 Å². The first-order valence-corrected chi connectivity index (χ1v) is 11.5. The van der Waals surface area contributed by atoms with Crippen LogP contribution in [0.5, 0.6) is 5.75 Å². The summed E-state index contributed by atoms with van der Waals surface area (Å²) in [5.74, 6) is -1.84. The first-order valence-electron chi connectivity index (χ1n) is 11.5. The summed E-state index contributed by atoms with van der Waals surface area (Å²) in [6, 6.07) is 14.3. The summed E-state index contributed by atoms with van der Waals surface area (Å²) >= 11 is 0. The third-order valence-corrected chi connectivity index (χ3v) is 6.48. The van der Waals surface area contributed by atoms with Crippen molar-refractivity contribution in [2.45, 2.75) is 38.8 Å². The molecule has 182 valence electrons. The highest BCUT2D eigenvalue weighted by Gasteiger charge is 2.40. The number of ether oxygens (including phenoxy) is 1. The number of halogens is 3. The zero-order valence-corrected chi connectivity index (χ0v) is 19.2. The van der Waals surface area contributed by atoms with E-state index in [0.717, 1.165) is 4.90 Å². The van der Waals surface area contributed by atoms with Gasteiger partial charge < -0.3 is 19.2 Å². The van der Waals surface area contributed by atoms with Crippen LogP contribution in [-0.2, 0) is 17.5 Å². The first kappa shape index (κ1) is 23.4. The number of benzene rings is 3. The molecule has 4 aromatic rings. The summed E-state index contributed by atoms with van der Waals surface area (Å²) < 4.78 is 54.1. The molecule has 1 aliphatic heterocycles. The normalized spacial score (nSPS) is 21.0. The maximum absolute atomic E-state index is 14.3. The number of morpholine rings is 1. The molecule has 0 spiro atoms. The highest BCUT2D eigenvalue weighted by molar-refractivity contribution is 5.99. The summed E-state index contributed by atoms with van der Waals surface area (Å²) in [5.41, 5.74) is -1.44. The standard InChI is InChI=1S/C27H24F3NO4/c1-15-12-31(13-16(2)34-15)14-21-22(32)11-10-20-24(33)23(26(27(28,29)30)35-25(20)21)19-9-5-7-17-6-3-4-8-18(17)19/h3-11,15-16,32H,12-14H2,1-2H3. The Bertz CT molecular complexity index is 1460. The summed E-state index contributed by atoms with van der Waals surface area (Å²) in [6.07, 6.45) is -5.06. The number of hydrogen-bond acceptors (Lipinski definition) is 4. The fraction of sp³-hybridized carbons (Fsp3) is 0.296. The van der Waals surface area contributed by atoms with Crippen molar-refractivity contribution < 1.29 is 32.3 Å². The monoisotopic (exact) mass is 483 g/mol.